The number of rotatable bonds is 3. The lowest BCUT2D eigenvalue weighted by Crippen LogP contribution is -2.35. The Bertz CT molecular complexity index is 858. The Hall–Kier alpha value is -2.36. The van der Waals surface area contributed by atoms with Crippen molar-refractivity contribution in [2.24, 2.45) is 0 Å². The first kappa shape index (κ1) is 19.0. The number of carbonyl (C=O) groups is 2. The summed E-state index contributed by atoms with van der Waals surface area (Å²) in [5.41, 5.74) is 5.29. The van der Waals surface area contributed by atoms with E-state index >= 15 is 0 Å². The molecule has 4 rings (SSSR count). The molecule has 0 spiro atoms. The molecule has 1 unspecified atom stereocenters. The Labute approximate surface area is 167 Å². The van der Waals surface area contributed by atoms with Crippen molar-refractivity contribution in [2.45, 2.75) is 77.2 Å². The molecule has 0 bridgehead atoms. The van der Waals surface area contributed by atoms with Crippen molar-refractivity contribution in [2.75, 3.05) is 0 Å². The zero-order chi connectivity index (χ0) is 19.7. The summed E-state index contributed by atoms with van der Waals surface area (Å²) in [6.07, 6.45) is 7.58. The highest BCUT2D eigenvalue weighted by Crippen LogP contribution is 2.43. The molecule has 4 nitrogen and oxygen atoms in total. The van der Waals surface area contributed by atoms with Crippen molar-refractivity contribution in [1.29, 1.82) is 0 Å². The van der Waals surface area contributed by atoms with Gasteiger partial charge in [-0.2, -0.15) is 0 Å². The summed E-state index contributed by atoms with van der Waals surface area (Å²) in [5.74, 6) is -0.455. The fourth-order valence-electron chi connectivity index (χ4n) is 4.83. The van der Waals surface area contributed by atoms with Crippen LogP contribution in [0.2, 0.25) is 0 Å². The Morgan fingerprint density at radius 3 is 2.61 bits per heavy atom. The van der Waals surface area contributed by atoms with Crippen LogP contribution in [0.3, 0.4) is 0 Å². The van der Waals surface area contributed by atoms with Gasteiger partial charge in [-0.15, -0.1) is 0 Å². The van der Waals surface area contributed by atoms with E-state index in [2.05, 4.69) is 11.4 Å². The van der Waals surface area contributed by atoms with Crippen molar-refractivity contribution in [3.8, 4) is 0 Å². The molecule has 1 N–H and O–H groups in total. The number of allylic oxidation sites excluding steroid dienone is 3. The van der Waals surface area contributed by atoms with Crippen LogP contribution in [0.15, 0.2) is 46.8 Å². The van der Waals surface area contributed by atoms with Crippen molar-refractivity contribution in [1.82, 2.24) is 5.32 Å². The number of benzene rings is 1. The predicted molar refractivity (Wildman–Crippen MR) is 109 cm³/mol. The summed E-state index contributed by atoms with van der Waals surface area (Å²) >= 11 is 0. The molecule has 3 aliphatic rings. The maximum absolute atomic E-state index is 13.3. The van der Waals surface area contributed by atoms with Crippen molar-refractivity contribution in [3.63, 3.8) is 0 Å². The van der Waals surface area contributed by atoms with E-state index in [4.69, 9.17) is 4.74 Å². The summed E-state index contributed by atoms with van der Waals surface area (Å²) in [7, 11) is 0. The molecule has 0 saturated heterocycles. The second-order valence-electron chi connectivity index (χ2n) is 8.35. The number of esters is 1. The number of nitrogens with one attached hydrogen (secondary N) is 1. The van der Waals surface area contributed by atoms with Crippen LogP contribution < -0.4 is 5.32 Å². The van der Waals surface area contributed by atoms with E-state index in [-0.39, 0.29) is 23.8 Å². The normalized spacial score (nSPS) is 23.4. The summed E-state index contributed by atoms with van der Waals surface area (Å²) < 4.78 is 5.93. The van der Waals surface area contributed by atoms with Crippen molar-refractivity contribution < 1.29 is 14.3 Å². The van der Waals surface area contributed by atoms with Gasteiger partial charge in [0, 0.05) is 29.3 Å². The number of dihydropyridines is 1. The van der Waals surface area contributed by atoms with Crippen LogP contribution in [-0.4, -0.2) is 17.9 Å². The molecule has 1 heterocycles. The Kier molecular flexibility index (Phi) is 5.38. The fraction of sp³-hybridized carbons (Fsp3) is 0.500. The molecule has 0 aromatic heterocycles. The Balaban J connectivity index is 1.74. The average Bonchev–Trinajstić information content (AvgIpc) is 2.68. The molecular weight excluding hydrogens is 350 g/mol. The van der Waals surface area contributed by atoms with Gasteiger partial charge in [0.2, 0.25) is 0 Å². The highest BCUT2D eigenvalue weighted by molar-refractivity contribution is 6.03. The zero-order valence-electron chi connectivity index (χ0n) is 16.8. The topological polar surface area (TPSA) is 55.4 Å². The third-order valence-corrected chi connectivity index (χ3v) is 6.20. The van der Waals surface area contributed by atoms with Crippen LogP contribution in [-0.2, 0) is 14.3 Å². The molecule has 1 atom stereocenters. The van der Waals surface area contributed by atoms with E-state index in [1.165, 1.54) is 6.42 Å². The van der Waals surface area contributed by atoms with Gasteiger partial charge in [0.1, 0.15) is 6.10 Å². The average molecular weight is 380 g/mol. The molecule has 1 fully saturated rings. The third-order valence-electron chi connectivity index (χ3n) is 6.20. The molecule has 2 aliphatic carbocycles. The maximum Gasteiger partial charge on any atom is 0.337 e. The Morgan fingerprint density at radius 2 is 1.86 bits per heavy atom. The molecule has 1 aromatic rings. The smallest absolute Gasteiger partial charge is 0.337 e. The van der Waals surface area contributed by atoms with Gasteiger partial charge in [0.25, 0.3) is 0 Å². The van der Waals surface area contributed by atoms with Crippen LogP contribution >= 0.6 is 0 Å². The molecule has 28 heavy (non-hydrogen) atoms. The lowest BCUT2D eigenvalue weighted by molar-refractivity contribution is -0.146. The van der Waals surface area contributed by atoms with Crippen molar-refractivity contribution in [3.05, 3.63) is 57.9 Å². The minimum absolute atomic E-state index is 0.00265. The van der Waals surface area contributed by atoms with Gasteiger partial charge < -0.3 is 10.1 Å². The van der Waals surface area contributed by atoms with Gasteiger partial charge in [0.15, 0.2) is 5.78 Å². The second-order valence-corrected chi connectivity index (χ2v) is 8.35. The van der Waals surface area contributed by atoms with E-state index < -0.39 is 0 Å². The van der Waals surface area contributed by atoms with Gasteiger partial charge >= 0.3 is 5.97 Å². The van der Waals surface area contributed by atoms with Crippen LogP contribution in [0.4, 0.5) is 0 Å². The lowest BCUT2D eigenvalue weighted by Gasteiger charge is -2.35. The number of carbonyl (C=O) groups excluding carboxylic acids is 2. The van der Waals surface area contributed by atoms with Gasteiger partial charge in [-0.3, -0.25) is 4.79 Å². The minimum atomic E-state index is -0.333. The molecule has 0 radical (unpaired) electrons. The van der Waals surface area contributed by atoms with Gasteiger partial charge in [0.05, 0.1) is 5.57 Å². The monoisotopic (exact) mass is 379 g/mol. The highest BCUT2D eigenvalue weighted by atomic mass is 16.5. The minimum Gasteiger partial charge on any atom is -0.459 e. The third kappa shape index (κ3) is 3.65. The fourth-order valence-corrected chi connectivity index (χ4v) is 4.83. The number of ketones is 1. The zero-order valence-corrected chi connectivity index (χ0v) is 16.8. The molecule has 4 heteroatoms. The van der Waals surface area contributed by atoms with Crippen LogP contribution in [0.5, 0.6) is 0 Å². The Morgan fingerprint density at radius 1 is 1.07 bits per heavy atom. The number of ether oxygens (including phenoxy) is 1. The van der Waals surface area contributed by atoms with E-state index in [1.807, 2.05) is 32.0 Å². The van der Waals surface area contributed by atoms with Gasteiger partial charge in [-0.05, 0) is 57.9 Å². The number of hydrogen-bond donors (Lipinski definition) is 1. The van der Waals surface area contributed by atoms with Crippen molar-refractivity contribution >= 4 is 11.8 Å². The molecule has 0 amide bonds. The number of hydrogen-bond acceptors (Lipinski definition) is 4. The lowest BCUT2D eigenvalue weighted by atomic mass is 9.75. The summed E-state index contributed by atoms with van der Waals surface area (Å²) in [4.78, 5) is 26.2. The molecule has 148 valence electrons. The van der Waals surface area contributed by atoms with Gasteiger partial charge in [-0.25, -0.2) is 4.79 Å². The molecule has 1 saturated carbocycles. The summed E-state index contributed by atoms with van der Waals surface area (Å²) in [5, 5.41) is 3.37. The largest absolute Gasteiger partial charge is 0.459 e. The predicted octanol–water partition coefficient (Wildman–Crippen LogP) is 4.84. The molecule has 1 aromatic carbocycles. The first-order valence-corrected chi connectivity index (χ1v) is 10.6. The van der Waals surface area contributed by atoms with E-state index in [1.54, 1.807) is 0 Å². The molecular formula is C24H29NO3. The van der Waals surface area contributed by atoms with Crippen LogP contribution in [0.1, 0.15) is 75.3 Å². The number of Topliss-reactive ketones (excluding diaryl/α,β-unsaturated/α-hetero) is 1. The SMILES string of the molecule is CC1=C(C(=O)OC2CCCCC2)C(c2cccc(C)c2)C2=C(CCCC2=O)N1. The van der Waals surface area contributed by atoms with E-state index in [0.29, 0.717) is 12.0 Å². The second kappa shape index (κ2) is 7.94. The van der Waals surface area contributed by atoms with E-state index in [9.17, 15) is 9.59 Å². The van der Waals surface area contributed by atoms with E-state index in [0.717, 1.165) is 66.6 Å². The number of aryl methyl sites for hydroxylation is 1. The first-order valence-electron chi connectivity index (χ1n) is 10.6. The van der Waals surface area contributed by atoms with Crippen LogP contribution in [0, 0.1) is 6.92 Å². The quantitative estimate of drug-likeness (QED) is 0.764. The summed E-state index contributed by atoms with van der Waals surface area (Å²) in [6.45, 7) is 3.97. The summed E-state index contributed by atoms with van der Waals surface area (Å²) in [6, 6.07) is 8.15. The van der Waals surface area contributed by atoms with Gasteiger partial charge in [-0.1, -0.05) is 36.2 Å². The highest BCUT2D eigenvalue weighted by Gasteiger charge is 2.39. The first-order chi connectivity index (χ1) is 13.5. The molecule has 1 aliphatic heterocycles. The van der Waals surface area contributed by atoms with Crippen LogP contribution in [0.25, 0.3) is 0 Å². The maximum atomic E-state index is 13.3. The standard InChI is InChI=1S/C24H29NO3/c1-15-8-6-9-17(14-15)22-21(24(27)28-18-10-4-3-5-11-18)16(2)25-19-12-7-13-20(26)23(19)22/h6,8-9,14,18,22,25H,3-5,7,10-13H2,1-2H3.